The fourth-order valence-corrected chi connectivity index (χ4v) is 3.21. The lowest BCUT2D eigenvalue weighted by molar-refractivity contribution is -0.113. The third-order valence-electron chi connectivity index (χ3n) is 4.55. The summed E-state index contributed by atoms with van der Waals surface area (Å²) in [4.78, 5) is 25.0. The molecule has 0 saturated heterocycles. The van der Waals surface area contributed by atoms with E-state index in [4.69, 9.17) is 11.6 Å². The summed E-state index contributed by atoms with van der Waals surface area (Å²) in [6, 6.07) is 11.9. The summed E-state index contributed by atoms with van der Waals surface area (Å²) < 4.78 is 0. The van der Waals surface area contributed by atoms with Gasteiger partial charge in [-0.2, -0.15) is 0 Å². The van der Waals surface area contributed by atoms with Crippen molar-refractivity contribution in [2.45, 2.75) is 26.8 Å². The number of hydrogen-bond acceptors (Lipinski definition) is 2. The smallest absolute Gasteiger partial charge is 0.319 e. The van der Waals surface area contributed by atoms with Gasteiger partial charge in [0.25, 0.3) is 5.91 Å². The Kier molecular flexibility index (Phi) is 5.00. The first-order valence-corrected chi connectivity index (χ1v) is 8.66. The van der Waals surface area contributed by atoms with Crippen molar-refractivity contribution in [1.29, 1.82) is 0 Å². The largest absolute Gasteiger partial charge is 0.327 e. The van der Waals surface area contributed by atoms with E-state index < -0.39 is 6.04 Å². The third kappa shape index (κ3) is 3.58. The highest BCUT2D eigenvalue weighted by Gasteiger charge is 2.31. The van der Waals surface area contributed by atoms with Gasteiger partial charge >= 0.3 is 6.03 Å². The molecule has 1 atom stereocenters. The molecule has 3 rings (SSSR count). The second-order valence-corrected chi connectivity index (χ2v) is 6.76. The molecule has 5 nitrogen and oxygen atoms in total. The predicted molar refractivity (Wildman–Crippen MR) is 103 cm³/mol. The number of amides is 3. The van der Waals surface area contributed by atoms with E-state index in [9.17, 15) is 9.59 Å². The second-order valence-electron chi connectivity index (χ2n) is 6.33. The van der Waals surface area contributed by atoms with Crippen molar-refractivity contribution >= 4 is 29.2 Å². The Bertz CT molecular complexity index is 921. The van der Waals surface area contributed by atoms with Crippen molar-refractivity contribution < 1.29 is 9.59 Å². The zero-order valence-electron chi connectivity index (χ0n) is 14.8. The minimum Gasteiger partial charge on any atom is -0.327 e. The highest BCUT2D eigenvalue weighted by molar-refractivity contribution is 6.30. The van der Waals surface area contributed by atoms with Crippen LogP contribution in [0.3, 0.4) is 0 Å². The van der Waals surface area contributed by atoms with E-state index in [1.54, 1.807) is 25.1 Å². The number of urea groups is 1. The van der Waals surface area contributed by atoms with Crippen molar-refractivity contribution in [2.24, 2.45) is 0 Å². The van der Waals surface area contributed by atoms with E-state index in [0.29, 0.717) is 16.3 Å². The maximum absolute atomic E-state index is 13.0. The number of rotatable bonds is 3. The van der Waals surface area contributed by atoms with Gasteiger partial charge in [-0.1, -0.05) is 35.9 Å². The third-order valence-corrected chi connectivity index (χ3v) is 4.78. The van der Waals surface area contributed by atoms with E-state index in [2.05, 4.69) is 16.0 Å². The van der Waals surface area contributed by atoms with Crippen molar-refractivity contribution in [3.63, 3.8) is 0 Å². The first-order chi connectivity index (χ1) is 12.4. The van der Waals surface area contributed by atoms with Gasteiger partial charge < -0.3 is 16.0 Å². The molecule has 0 bridgehead atoms. The number of aryl methyl sites for hydroxylation is 1. The molecule has 0 radical (unpaired) electrons. The molecule has 2 aromatic rings. The monoisotopic (exact) mass is 369 g/mol. The summed E-state index contributed by atoms with van der Waals surface area (Å²) in [5, 5.41) is 8.98. The first kappa shape index (κ1) is 18.0. The molecule has 0 saturated carbocycles. The summed E-state index contributed by atoms with van der Waals surface area (Å²) in [5.74, 6) is -0.270. The van der Waals surface area contributed by atoms with Crippen LogP contribution in [0.15, 0.2) is 53.7 Å². The van der Waals surface area contributed by atoms with Crippen molar-refractivity contribution in [3.8, 4) is 0 Å². The molecule has 3 amide bonds. The Morgan fingerprint density at radius 1 is 1.12 bits per heavy atom. The molecule has 1 heterocycles. The fourth-order valence-electron chi connectivity index (χ4n) is 3.01. The van der Waals surface area contributed by atoms with Crippen LogP contribution in [0.1, 0.15) is 29.7 Å². The quantitative estimate of drug-likeness (QED) is 0.757. The molecule has 1 aliphatic rings. The lowest BCUT2D eigenvalue weighted by Gasteiger charge is -2.29. The van der Waals surface area contributed by atoms with Crippen molar-refractivity contribution in [2.75, 3.05) is 5.32 Å². The molecular weight excluding hydrogens is 350 g/mol. The number of allylic oxidation sites excluding steroid dienone is 1. The number of anilines is 1. The number of nitrogens with one attached hydrogen (secondary N) is 3. The van der Waals surface area contributed by atoms with Gasteiger partial charge in [-0.25, -0.2) is 4.79 Å². The fraction of sp³-hybridized carbons (Fsp3) is 0.200. The molecule has 2 aromatic carbocycles. The van der Waals surface area contributed by atoms with Crippen LogP contribution < -0.4 is 16.0 Å². The molecule has 6 heteroatoms. The van der Waals surface area contributed by atoms with Crippen LogP contribution in [0.2, 0.25) is 5.02 Å². The topological polar surface area (TPSA) is 70.2 Å². The van der Waals surface area contributed by atoms with Crippen LogP contribution in [0.25, 0.3) is 0 Å². The van der Waals surface area contributed by atoms with E-state index in [1.807, 2.05) is 38.1 Å². The Labute approximate surface area is 157 Å². The number of halogens is 1. The van der Waals surface area contributed by atoms with Crippen LogP contribution in [0.4, 0.5) is 10.5 Å². The van der Waals surface area contributed by atoms with Gasteiger partial charge in [0.15, 0.2) is 0 Å². The van der Waals surface area contributed by atoms with E-state index in [1.165, 1.54) is 0 Å². The molecule has 134 valence electrons. The molecular formula is C20H20ClN3O2. The Morgan fingerprint density at radius 3 is 2.58 bits per heavy atom. The average molecular weight is 370 g/mol. The van der Waals surface area contributed by atoms with E-state index >= 15 is 0 Å². The molecule has 0 aliphatic carbocycles. The van der Waals surface area contributed by atoms with E-state index in [0.717, 1.165) is 22.4 Å². The van der Waals surface area contributed by atoms with Crippen LogP contribution in [0, 0.1) is 13.8 Å². The van der Waals surface area contributed by atoms with Gasteiger partial charge in [0, 0.05) is 16.4 Å². The van der Waals surface area contributed by atoms with Crippen LogP contribution in [-0.2, 0) is 4.79 Å². The summed E-state index contributed by atoms with van der Waals surface area (Å²) in [7, 11) is 0. The lowest BCUT2D eigenvalue weighted by atomic mass is 9.94. The molecule has 3 N–H and O–H groups in total. The zero-order chi connectivity index (χ0) is 18.8. The van der Waals surface area contributed by atoms with Gasteiger partial charge in [0.1, 0.15) is 0 Å². The summed E-state index contributed by atoms with van der Waals surface area (Å²) in [6.45, 7) is 5.67. The minimum absolute atomic E-state index is 0.270. The highest BCUT2D eigenvalue weighted by atomic mass is 35.5. The number of carbonyl (C=O) groups is 2. The molecule has 0 fully saturated rings. The normalized spacial score (nSPS) is 16.8. The Hall–Kier alpha value is -2.79. The molecule has 1 unspecified atom stereocenters. The second kappa shape index (κ2) is 7.22. The number of carbonyl (C=O) groups excluding carboxylic acids is 2. The molecule has 1 aliphatic heterocycles. The SMILES string of the molecule is CC1=C(C(=O)Nc2cccc(C)c2C)C(c2cccc(Cl)c2)NC(=O)N1. The summed E-state index contributed by atoms with van der Waals surface area (Å²) in [6.07, 6.45) is 0. The Morgan fingerprint density at radius 2 is 1.85 bits per heavy atom. The van der Waals surface area contributed by atoms with E-state index in [-0.39, 0.29) is 11.9 Å². The maximum atomic E-state index is 13.0. The predicted octanol–water partition coefficient (Wildman–Crippen LogP) is 4.22. The first-order valence-electron chi connectivity index (χ1n) is 8.28. The highest BCUT2D eigenvalue weighted by Crippen LogP contribution is 2.29. The number of benzene rings is 2. The lowest BCUT2D eigenvalue weighted by Crippen LogP contribution is -2.46. The standard InChI is InChI=1S/C20H20ClN3O2/c1-11-6-4-9-16(12(11)2)23-19(25)17-13(3)22-20(26)24-18(17)14-7-5-8-15(21)10-14/h4-10,18H,1-3H3,(H,23,25)(H2,22,24,26). The van der Waals surface area contributed by atoms with Gasteiger partial charge in [0.05, 0.1) is 11.6 Å². The Balaban J connectivity index is 1.98. The summed E-state index contributed by atoms with van der Waals surface area (Å²) in [5.41, 5.74) is 4.56. The van der Waals surface area contributed by atoms with Gasteiger partial charge in [-0.05, 0) is 55.7 Å². The minimum atomic E-state index is -0.576. The van der Waals surface area contributed by atoms with Crippen LogP contribution in [0.5, 0.6) is 0 Å². The molecule has 26 heavy (non-hydrogen) atoms. The average Bonchev–Trinajstić information content (AvgIpc) is 2.58. The molecule has 0 spiro atoms. The van der Waals surface area contributed by atoms with Crippen molar-refractivity contribution in [3.05, 3.63) is 75.4 Å². The summed E-state index contributed by atoms with van der Waals surface area (Å²) >= 11 is 6.09. The molecule has 0 aromatic heterocycles. The van der Waals surface area contributed by atoms with Crippen LogP contribution in [-0.4, -0.2) is 11.9 Å². The van der Waals surface area contributed by atoms with Gasteiger partial charge in [0.2, 0.25) is 0 Å². The van der Waals surface area contributed by atoms with Gasteiger partial charge in [-0.3, -0.25) is 4.79 Å². The number of hydrogen-bond donors (Lipinski definition) is 3. The van der Waals surface area contributed by atoms with Crippen molar-refractivity contribution in [1.82, 2.24) is 10.6 Å². The maximum Gasteiger partial charge on any atom is 0.319 e. The van der Waals surface area contributed by atoms with Crippen LogP contribution >= 0.6 is 11.6 Å². The van der Waals surface area contributed by atoms with Gasteiger partial charge in [-0.15, -0.1) is 0 Å². The zero-order valence-corrected chi connectivity index (χ0v) is 15.6.